The standard InChI is InChI=1S/C15H20FNO3/c1-10-4-7-12(16)13(8-10)20-9-15(17-2,11-5-6-11)14(18)19-3/h4,7-8,11,17H,5-6,9H2,1-3H3. The summed E-state index contributed by atoms with van der Waals surface area (Å²) in [4.78, 5) is 12.1. The fourth-order valence-electron chi connectivity index (χ4n) is 2.39. The van der Waals surface area contributed by atoms with Crippen molar-refractivity contribution in [2.75, 3.05) is 20.8 Å². The monoisotopic (exact) mass is 281 g/mol. The Balaban J connectivity index is 2.16. The zero-order valence-corrected chi connectivity index (χ0v) is 12.0. The van der Waals surface area contributed by atoms with Crippen LogP contribution in [0.2, 0.25) is 0 Å². The topological polar surface area (TPSA) is 47.6 Å². The maximum absolute atomic E-state index is 13.7. The number of rotatable bonds is 6. The number of likely N-dealkylation sites (N-methyl/N-ethyl adjacent to an activating group) is 1. The van der Waals surface area contributed by atoms with Crippen LogP contribution in [0.1, 0.15) is 18.4 Å². The van der Waals surface area contributed by atoms with Crippen molar-refractivity contribution in [3.05, 3.63) is 29.6 Å². The Morgan fingerprint density at radius 1 is 1.50 bits per heavy atom. The summed E-state index contributed by atoms with van der Waals surface area (Å²) in [6.45, 7) is 1.92. The predicted octanol–water partition coefficient (Wildman–Crippen LogP) is 2.05. The number of nitrogens with one attached hydrogen (secondary N) is 1. The van der Waals surface area contributed by atoms with Gasteiger partial charge in [-0.2, -0.15) is 0 Å². The molecular weight excluding hydrogens is 261 g/mol. The summed E-state index contributed by atoms with van der Waals surface area (Å²) in [6.07, 6.45) is 1.88. The average molecular weight is 281 g/mol. The third-order valence-electron chi connectivity index (χ3n) is 3.81. The summed E-state index contributed by atoms with van der Waals surface area (Å²) in [7, 11) is 3.05. The van der Waals surface area contributed by atoms with E-state index in [1.807, 2.05) is 6.92 Å². The number of benzene rings is 1. The number of halogens is 1. The molecule has 1 fully saturated rings. The second kappa shape index (κ2) is 5.79. The fraction of sp³-hybridized carbons (Fsp3) is 0.533. The van der Waals surface area contributed by atoms with Crippen molar-refractivity contribution in [2.45, 2.75) is 25.3 Å². The summed E-state index contributed by atoms with van der Waals surface area (Å²) in [5, 5.41) is 3.01. The summed E-state index contributed by atoms with van der Waals surface area (Å²) in [5.74, 6) is -0.459. The van der Waals surface area contributed by atoms with E-state index in [1.54, 1.807) is 19.2 Å². The first-order valence-electron chi connectivity index (χ1n) is 6.70. The third kappa shape index (κ3) is 2.77. The lowest BCUT2D eigenvalue weighted by atomic mass is 9.94. The number of methoxy groups -OCH3 is 1. The van der Waals surface area contributed by atoms with Crippen LogP contribution in [0.5, 0.6) is 5.75 Å². The molecule has 1 N–H and O–H groups in total. The third-order valence-corrected chi connectivity index (χ3v) is 3.81. The first kappa shape index (κ1) is 14.8. The van der Waals surface area contributed by atoms with E-state index in [1.165, 1.54) is 13.2 Å². The van der Waals surface area contributed by atoms with E-state index in [0.29, 0.717) is 0 Å². The lowest BCUT2D eigenvalue weighted by Crippen LogP contribution is -2.57. The number of carbonyl (C=O) groups is 1. The van der Waals surface area contributed by atoms with E-state index in [-0.39, 0.29) is 24.2 Å². The molecule has 1 atom stereocenters. The quantitative estimate of drug-likeness (QED) is 0.811. The van der Waals surface area contributed by atoms with Crippen LogP contribution in [0.4, 0.5) is 4.39 Å². The molecule has 0 aromatic heterocycles. The molecule has 20 heavy (non-hydrogen) atoms. The zero-order chi connectivity index (χ0) is 14.8. The minimum atomic E-state index is -0.898. The molecule has 0 saturated heterocycles. The molecule has 0 bridgehead atoms. The first-order valence-corrected chi connectivity index (χ1v) is 6.70. The van der Waals surface area contributed by atoms with E-state index in [2.05, 4.69) is 5.32 Å². The Morgan fingerprint density at radius 3 is 2.75 bits per heavy atom. The molecule has 1 unspecified atom stereocenters. The SMILES string of the molecule is CNC(COc1cc(C)ccc1F)(C(=O)OC)C1CC1. The van der Waals surface area contributed by atoms with Crippen molar-refractivity contribution in [1.82, 2.24) is 5.32 Å². The smallest absolute Gasteiger partial charge is 0.329 e. The van der Waals surface area contributed by atoms with Gasteiger partial charge in [-0.15, -0.1) is 0 Å². The van der Waals surface area contributed by atoms with Crippen molar-refractivity contribution in [2.24, 2.45) is 5.92 Å². The van der Waals surface area contributed by atoms with Gasteiger partial charge in [0.15, 0.2) is 17.1 Å². The molecule has 1 saturated carbocycles. The highest BCUT2D eigenvalue weighted by atomic mass is 19.1. The zero-order valence-electron chi connectivity index (χ0n) is 12.0. The van der Waals surface area contributed by atoms with Gasteiger partial charge in [-0.1, -0.05) is 6.07 Å². The van der Waals surface area contributed by atoms with Crippen molar-refractivity contribution in [3.63, 3.8) is 0 Å². The molecular formula is C15H20FNO3. The Kier molecular flexibility index (Phi) is 4.28. The van der Waals surface area contributed by atoms with Gasteiger partial charge in [-0.05, 0) is 50.4 Å². The molecule has 2 rings (SSSR count). The first-order chi connectivity index (χ1) is 9.53. The Hall–Kier alpha value is -1.62. The number of hydrogen-bond donors (Lipinski definition) is 1. The minimum Gasteiger partial charge on any atom is -0.488 e. The Bertz CT molecular complexity index is 502. The molecule has 110 valence electrons. The highest BCUT2D eigenvalue weighted by Gasteiger charge is 2.52. The van der Waals surface area contributed by atoms with Crippen LogP contribution in [-0.2, 0) is 9.53 Å². The lowest BCUT2D eigenvalue weighted by molar-refractivity contribution is -0.151. The van der Waals surface area contributed by atoms with Gasteiger partial charge in [0.05, 0.1) is 7.11 Å². The predicted molar refractivity (Wildman–Crippen MR) is 73.2 cm³/mol. The van der Waals surface area contributed by atoms with Crippen molar-refractivity contribution >= 4 is 5.97 Å². The van der Waals surface area contributed by atoms with E-state index in [0.717, 1.165) is 18.4 Å². The summed E-state index contributed by atoms with van der Waals surface area (Å²) in [5.41, 5.74) is 0.00577. The van der Waals surface area contributed by atoms with Gasteiger partial charge in [0.1, 0.15) is 6.61 Å². The highest BCUT2D eigenvalue weighted by Crippen LogP contribution is 2.40. The van der Waals surface area contributed by atoms with Crippen molar-refractivity contribution in [1.29, 1.82) is 0 Å². The number of ether oxygens (including phenoxy) is 2. The van der Waals surface area contributed by atoms with Crippen LogP contribution in [0.3, 0.4) is 0 Å². The number of carbonyl (C=O) groups excluding carboxylic acids is 1. The van der Waals surface area contributed by atoms with E-state index < -0.39 is 11.4 Å². The molecule has 4 nitrogen and oxygen atoms in total. The molecule has 0 heterocycles. The summed E-state index contributed by atoms with van der Waals surface area (Å²) >= 11 is 0. The van der Waals surface area contributed by atoms with Crippen molar-refractivity contribution < 1.29 is 18.7 Å². The van der Waals surface area contributed by atoms with E-state index >= 15 is 0 Å². The van der Waals surface area contributed by atoms with Crippen LogP contribution >= 0.6 is 0 Å². The van der Waals surface area contributed by atoms with Gasteiger partial charge in [0, 0.05) is 0 Å². The van der Waals surface area contributed by atoms with Gasteiger partial charge >= 0.3 is 5.97 Å². The molecule has 0 aliphatic heterocycles. The lowest BCUT2D eigenvalue weighted by Gasteiger charge is -2.30. The number of esters is 1. The van der Waals surface area contributed by atoms with Crippen LogP contribution in [-0.4, -0.2) is 32.3 Å². The number of aryl methyl sites for hydroxylation is 1. The molecule has 0 spiro atoms. The van der Waals surface area contributed by atoms with E-state index in [9.17, 15) is 9.18 Å². The maximum atomic E-state index is 13.7. The minimum absolute atomic E-state index is 0.0568. The van der Waals surface area contributed by atoms with Crippen LogP contribution < -0.4 is 10.1 Å². The van der Waals surface area contributed by atoms with Gasteiger partial charge in [-0.3, -0.25) is 0 Å². The number of hydrogen-bond acceptors (Lipinski definition) is 4. The van der Waals surface area contributed by atoms with Gasteiger partial charge < -0.3 is 14.8 Å². The molecule has 1 aromatic rings. The maximum Gasteiger partial charge on any atom is 0.329 e. The van der Waals surface area contributed by atoms with Gasteiger partial charge in [0.2, 0.25) is 0 Å². The second-order valence-corrected chi connectivity index (χ2v) is 5.21. The van der Waals surface area contributed by atoms with Crippen LogP contribution in [0.25, 0.3) is 0 Å². The molecule has 1 aliphatic carbocycles. The van der Waals surface area contributed by atoms with Gasteiger partial charge in [-0.25, -0.2) is 9.18 Å². The van der Waals surface area contributed by atoms with E-state index in [4.69, 9.17) is 9.47 Å². The Labute approximate surface area is 118 Å². The van der Waals surface area contributed by atoms with Crippen LogP contribution in [0.15, 0.2) is 18.2 Å². The highest BCUT2D eigenvalue weighted by molar-refractivity contribution is 5.82. The normalized spacial score (nSPS) is 17.4. The average Bonchev–Trinajstić information content (AvgIpc) is 3.28. The van der Waals surface area contributed by atoms with Gasteiger partial charge in [0.25, 0.3) is 0 Å². The summed E-state index contributed by atoms with van der Waals surface area (Å²) in [6, 6.07) is 4.66. The largest absolute Gasteiger partial charge is 0.488 e. The molecule has 0 amide bonds. The van der Waals surface area contributed by atoms with Crippen LogP contribution in [0, 0.1) is 18.7 Å². The second-order valence-electron chi connectivity index (χ2n) is 5.21. The molecule has 1 aromatic carbocycles. The molecule has 0 radical (unpaired) electrons. The Morgan fingerprint density at radius 2 is 2.20 bits per heavy atom. The molecule has 5 heteroatoms. The fourth-order valence-corrected chi connectivity index (χ4v) is 2.39. The molecule has 1 aliphatic rings. The summed E-state index contributed by atoms with van der Waals surface area (Å²) < 4.78 is 24.1. The van der Waals surface area contributed by atoms with Crippen molar-refractivity contribution in [3.8, 4) is 5.75 Å².